The Hall–Kier alpha value is -1.75. The third kappa shape index (κ3) is 8.10. The van der Waals surface area contributed by atoms with Gasteiger partial charge in [-0.1, -0.05) is 0 Å². The monoisotopic (exact) mass is 253 g/mol. The van der Waals surface area contributed by atoms with E-state index in [0.29, 0.717) is 0 Å². The summed E-state index contributed by atoms with van der Waals surface area (Å²) < 4.78 is 39.0. The molecule has 0 aliphatic carbocycles. The number of terminal acetylenes is 1. The van der Waals surface area contributed by atoms with Gasteiger partial charge < -0.3 is 15.2 Å². The van der Waals surface area contributed by atoms with Gasteiger partial charge in [0.15, 0.2) is 0 Å². The molecule has 0 heterocycles. The van der Waals surface area contributed by atoms with Crippen molar-refractivity contribution in [3.63, 3.8) is 0 Å². The Morgan fingerprint density at radius 2 is 2.06 bits per heavy atom. The highest BCUT2D eigenvalue weighted by Crippen LogP contribution is 2.14. The summed E-state index contributed by atoms with van der Waals surface area (Å²) in [6, 6.07) is -1.33. The Morgan fingerprint density at radius 1 is 1.47 bits per heavy atom. The Labute approximate surface area is 94.9 Å². The minimum atomic E-state index is -4.54. The highest BCUT2D eigenvalue weighted by Gasteiger charge is 2.28. The second-order valence-electron chi connectivity index (χ2n) is 2.97. The van der Waals surface area contributed by atoms with Crippen LogP contribution in [0.1, 0.15) is 6.42 Å². The smallest absolute Gasteiger partial charge is 0.411 e. The van der Waals surface area contributed by atoms with Crippen molar-refractivity contribution in [3.05, 3.63) is 0 Å². The highest BCUT2D eigenvalue weighted by atomic mass is 19.4. The molecular formula is C9H10F3NO4. The SMILES string of the molecule is C#CCC(NC(=O)COCC(F)(F)F)C(=O)O. The number of ether oxygens (including phenoxy) is 1. The largest absolute Gasteiger partial charge is 0.480 e. The van der Waals surface area contributed by atoms with Crippen LogP contribution in [0.5, 0.6) is 0 Å². The lowest BCUT2D eigenvalue weighted by Gasteiger charge is -2.12. The molecule has 0 spiro atoms. The molecule has 5 nitrogen and oxygen atoms in total. The lowest BCUT2D eigenvalue weighted by molar-refractivity contribution is -0.176. The first-order valence-electron chi connectivity index (χ1n) is 4.36. The molecule has 1 amide bonds. The Morgan fingerprint density at radius 3 is 2.47 bits per heavy atom. The van der Waals surface area contributed by atoms with E-state index in [4.69, 9.17) is 11.5 Å². The maximum atomic E-state index is 11.6. The zero-order valence-electron chi connectivity index (χ0n) is 8.58. The van der Waals surface area contributed by atoms with Gasteiger partial charge in [0.2, 0.25) is 5.91 Å². The molecular weight excluding hydrogens is 243 g/mol. The number of nitrogens with one attached hydrogen (secondary N) is 1. The average Bonchev–Trinajstić information content (AvgIpc) is 2.14. The second kappa shape index (κ2) is 6.75. The van der Waals surface area contributed by atoms with Crippen LogP contribution in [-0.4, -0.2) is 42.4 Å². The first-order chi connectivity index (χ1) is 7.76. The van der Waals surface area contributed by atoms with E-state index in [1.807, 2.05) is 11.2 Å². The summed E-state index contributed by atoms with van der Waals surface area (Å²) in [6.45, 7) is -2.46. The minimum Gasteiger partial charge on any atom is -0.480 e. The van der Waals surface area contributed by atoms with E-state index < -0.39 is 37.3 Å². The fourth-order valence-electron chi connectivity index (χ4n) is 0.813. The van der Waals surface area contributed by atoms with Crippen molar-refractivity contribution >= 4 is 11.9 Å². The summed E-state index contributed by atoms with van der Waals surface area (Å²) in [5, 5.41) is 10.5. The molecule has 0 aliphatic rings. The van der Waals surface area contributed by atoms with E-state index in [0.717, 1.165) is 0 Å². The number of carboxylic acids is 1. The van der Waals surface area contributed by atoms with Crippen molar-refractivity contribution in [2.45, 2.75) is 18.6 Å². The summed E-state index contributed by atoms with van der Waals surface area (Å²) in [6.07, 6.45) is 0.0555. The number of aliphatic carboxylic acids is 1. The molecule has 0 aliphatic heterocycles. The van der Waals surface area contributed by atoms with E-state index >= 15 is 0 Å². The standard InChI is InChI=1S/C9H10F3NO4/c1-2-3-6(8(15)16)13-7(14)4-17-5-9(10,11)12/h1,6H,3-5H2,(H,13,14)(H,15,16). The van der Waals surface area contributed by atoms with Crippen LogP contribution in [0.4, 0.5) is 13.2 Å². The highest BCUT2D eigenvalue weighted by molar-refractivity contribution is 5.84. The lowest BCUT2D eigenvalue weighted by atomic mass is 10.2. The molecule has 0 aromatic rings. The quantitative estimate of drug-likeness (QED) is 0.661. The van der Waals surface area contributed by atoms with E-state index in [9.17, 15) is 22.8 Å². The van der Waals surface area contributed by atoms with E-state index in [2.05, 4.69) is 4.74 Å². The summed E-state index contributed by atoms with van der Waals surface area (Å²) in [4.78, 5) is 21.5. The van der Waals surface area contributed by atoms with Gasteiger partial charge in [0.05, 0.1) is 0 Å². The second-order valence-corrected chi connectivity index (χ2v) is 2.97. The number of alkyl halides is 3. The summed E-state index contributed by atoms with van der Waals surface area (Å²) in [5.74, 6) is -0.325. The number of carboxylic acid groups (broad SMARTS) is 1. The molecule has 0 saturated carbocycles. The van der Waals surface area contributed by atoms with Crippen LogP contribution in [0.25, 0.3) is 0 Å². The average molecular weight is 253 g/mol. The first kappa shape index (κ1) is 15.2. The Balaban J connectivity index is 4.00. The number of carbonyl (C=O) groups is 2. The normalized spacial score (nSPS) is 12.6. The number of hydrogen-bond acceptors (Lipinski definition) is 3. The fourth-order valence-corrected chi connectivity index (χ4v) is 0.813. The molecule has 0 aromatic heterocycles. The molecule has 0 fully saturated rings. The Bertz CT molecular complexity index is 321. The van der Waals surface area contributed by atoms with Gasteiger partial charge in [-0.15, -0.1) is 12.3 Å². The summed E-state index contributed by atoms with van der Waals surface area (Å²) in [7, 11) is 0. The van der Waals surface area contributed by atoms with Crippen LogP contribution in [-0.2, 0) is 14.3 Å². The van der Waals surface area contributed by atoms with E-state index in [-0.39, 0.29) is 6.42 Å². The third-order valence-electron chi connectivity index (χ3n) is 1.45. The van der Waals surface area contributed by atoms with E-state index in [1.54, 1.807) is 0 Å². The number of carbonyl (C=O) groups excluding carboxylic acids is 1. The molecule has 2 N–H and O–H groups in total. The molecule has 1 unspecified atom stereocenters. The van der Waals surface area contributed by atoms with Crippen LogP contribution in [0.2, 0.25) is 0 Å². The molecule has 17 heavy (non-hydrogen) atoms. The van der Waals surface area contributed by atoms with Crippen molar-refractivity contribution in [1.29, 1.82) is 0 Å². The van der Waals surface area contributed by atoms with Crippen molar-refractivity contribution in [2.75, 3.05) is 13.2 Å². The van der Waals surface area contributed by atoms with Crippen molar-refractivity contribution in [2.24, 2.45) is 0 Å². The number of halogens is 3. The predicted octanol–water partition coefficient (Wildman–Crippen LogP) is 0.158. The molecule has 1 atom stereocenters. The fraction of sp³-hybridized carbons (Fsp3) is 0.556. The zero-order valence-corrected chi connectivity index (χ0v) is 8.58. The van der Waals surface area contributed by atoms with E-state index in [1.165, 1.54) is 0 Å². The van der Waals surface area contributed by atoms with Gasteiger partial charge in [0.1, 0.15) is 19.3 Å². The zero-order chi connectivity index (χ0) is 13.5. The van der Waals surface area contributed by atoms with Gasteiger partial charge in [-0.05, 0) is 0 Å². The lowest BCUT2D eigenvalue weighted by Crippen LogP contribution is -2.42. The van der Waals surface area contributed by atoms with Gasteiger partial charge in [-0.3, -0.25) is 4.79 Å². The number of rotatable bonds is 6. The van der Waals surface area contributed by atoms with Crippen LogP contribution in [0, 0.1) is 12.3 Å². The van der Waals surface area contributed by atoms with Crippen molar-refractivity contribution < 1.29 is 32.6 Å². The van der Waals surface area contributed by atoms with Crippen LogP contribution < -0.4 is 5.32 Å². The summed E-state index contributed by atoms with van der Waals surface area (Å²) in [5.41, 5.74) is 0. The number of amides is 1. The van der Waals surface area contributed by atoms with Gasteiger partial charge in [-0.2, -0.15) is 13.2 Å². The molecule has 0 aromatic carbocycles. The maximum absolute atomic E-state index is 11.6. The molecule has 8 heteroatoms. The molecule has 0 saturated heterocycles. The van der Waals surface area contributed by atoms with Crippen molar-refractivity contribution in [3.8, 4) is 12.3 Å². The van der Waals surface area contributed by atoms with Gasteiger partial charge in [0, 0.05) is 6.42 Å². The third-order valence-corrected chi connectivity index (χ3v) is 1.45. The number of hydrogen-bond donors (Lipinski definition) is 2. The Kier molecular flexibility index (Phi) is 6.06. The molecule has 0 radical (unpaired) electrons. The first-order valence-corrected chi connectivity index (χ1v) is 4.36. The van der Waals surface area contributed by atoms with Crippen molar-refractivity contribution in [1.82, 2.24) is 5.32 Å². The summed E-state index contributed by atoms with van der Waals surface area (Å²) >= 11 is 0. The topological polar surface area (TPSA) is 75.6 Å². The van der Waals surface area contributed by atoms with Crippen LogP contribution >= 0.6 is 0 Å². The van der Waals surface area contributed by atoms with Gasteiger partial charge >= 0.3 is 12.1 Å². The molecule has 0 bridgehead atoms. The molecule has 0 rings (SSSR count). The van der Waals surface area contributed by atoms with Crippen LogP contribution in [0.15, 0.2) is 0 Å². The van der Waals surface area contributed by atoms with Crippen LogP contribution in [0.3, 0.4) is 0 Å². The minimum absolute atomic E-state index is 0.264. The predicted molar refractivity (Wildman–Crippen MR) is 49.9 cm³/mol. The maximum Gasteiger partial charge on any atom is 0.411 e. The molecule has 96 valence electrons. The van der Waals surface area contributed by atoms with Gasteiger partial charge in [0.25, 0.3) is 0 Å². The van der Waals surface area contributed by atoms with Gasteiger partial charge in [-0.25, -0.2) is 4.79 Å².